The van der Waals surface area contributed by atoms with Gasteiger partial charge in [0.2, 0.25) is 0 Å². The van der Waals surface area contributed by atoms with Gasteiger partial charge < -0.3 is 14.5 Å². The number of thioether (sulfide) groups is 1. The fourth-order valence-corrected chi connectivity index (χ4v) is 3.80. The summed E-state index contributed by atoms with van der Waals surface area (Å²) in [5, 5.41) is 12.2. The predicted molar refractivity (Wildman–Crippen MR) is 125 cm³/mol. The summed E-state index contributed by atoms with van der Waals surface area (Å²) in [6.45, 7) is 0.901. The second-order valence-electron chi connectivity index (χ2n) is 7.00. The first-order valence-electron chi connectivity index (χ1n) is 10.2. The monoisotopic (exact) mass is 445 g/mol. The number of nitrogens with one attached hydrogen (secondary N) is 1. The maximum absolute atomic E-state index is 12.0. The average molecular weight is 446 g/mol. The Morgan fingerprint density at radius 3 is 2.38 bits per heavy atom. The van der Waals surface area contributed by atoms with Gasteiger partial charge in [-0.1, -0.05) is 66.4 Å². The van der Waals surface area contributed by atoms with E-state index in [9.17, 15) is 4.79 Å². The highest BCUT2D eigenvalue weighted by atomic mass is 32.2. The lowest BCUT2D eigenvalue weighted by molar-refractivity contribution is 0.0908. The van der Waals surface area contributed by atoms with E-state index in [1.807, 2.05) is 30.3 Å². The number of furan rings is 1. The molecule has 6 nitrogen and oxygen atoms in total. The second-order valence-corrected chi connectivity index (χ2v) is 8.00. The van der Waals surface area contributed by atoms with Gasteiger partial charge in [-0.25, -0.2) is 0 Å². The molecule has 7 heteroatoms. The molecule has 1 amide bonds. The van der Waals surface area contributed by atoms with Crippen LogP contribution in [0.1, 0.15) is 16.3 Å². The molecular weight excluding hydrogens is 422 g/mol. The zero-order chi connectivity index (χ0) is 22.2. The molecule has 0 saturated heterocycles. The molecule has 2 heterocycles. The third kappa shape index (κ3) is 5.63. The van der Waals surface area contributed by atoms with Crippen molar-refractivity contribution >= 4 is 17.7 Å². The van der Waals surface area contributed by atoms with Crippen LogP contribution >= 0.6 is 11.8 Å². The number of methoxy groups -OCH3 is 1. The van der Waals surface area contributed by atoms with Gasteiger partial charge in [0.25, 0.3) is 5.91 Å². The number of carbonyl (C=O) groups excluding carboxylic acids is 1. The predicted octanol–water partition coefficient (Wildman–Crippen LogP) is 5.07. The minimum atomic E-state index is -0.249. The highest BCUT2D eigenvalue weighted by Gasteiger charge is 2.11. The molecule has 0 atom stereocenters. The molecule has 0 fully saturated rings. The standard InChI is InChI=1S/C25H23N3O3S/c1-30-16-15-26-25(29)23-13-11-21(31-23)17-32-24-14-12-22(27-28-24)20-9-7-19(8-10-20)18-5-3-2-4-6-18/h2-14H,15-17H2,1H3,(H,26,29). The topological polar surface area (TPSA) is 77.2 Å². The van der Waals surface area contributed by atoms with E-state index in [2.05, 4.69) is 51.9 Å². The molecule has 0 aliphatic heterocycles. The first-order chi connectivity index (χ1) is 15.7. The Hall–Kier alpha value is -3.42. The molecule has 32 heavy (non-hydrogen) atoms. The quantitative estimate of drug-likeness (QED) is 0.286. The van der Waals surface area contributed by atoms with Crippen molar-refractivity contribution < 1.29 is 13.9 Å². The molecule has 0 spiro atoms. The Balaban J connectivity index is 1.33. The molecule has 0 radical (unpaired) electrons. The molecule has 4 aromatic rings. The van der Waals surface area contributed by atoms with E-state index in [0.29, 0.717) is 24.7 Å². The number of hydrogen-bond acceptors (Lipinski definition) is 6. The summed E-state index contributed by atoms with van der Waals surface area (Å²) < 4.78 is 10.5. The van der Waals surface area contributed by atoms with E-state index in [1.54, 1.807) is 19.2 Å². The van der Waals surface area contributed by atoms with Crippen LogP contribution < -0.4 is 5.32 Å². The van der Waals surface area contributed by atoms with Crippen molar-refractivity contribution in [2.75, 3.05) is 20.3 Å². The van der Waals surface area contributed by atoms with Gasteiger partial charge in [-0.2, -0.15) is 0 Å². The minimum Gasteiger partial charge on any atom is -0.455 e. The lowest BCUT2D eigenvalue weighted by atomic mass is 10.0. The van der Waals surface area contributed by atoms with Crippen molar-refractivity contribution in [1.82, 2.24) is 15.5 Å². The minimum absolute atomic E-state index is 0.249. The van der Waals surface area contributed by atoms with Crippen LogP contribution in [0.3, 0.4) is 0 Å². The Labute approximate surface area is 191 Å². The van der Waals surface area contributed by atoms with Crippen LogP contribution in [0.15, 0.2) is 88.3 Å². The maximum Gasteiger partial charge on any atom is 0.287 e. The Kier molecular flexibility index (Phi) is 7.32. The Morgan fingerprint density at radius 1 is 0.906 bits per heavy atom. The lowest BCUT2D eigenvalue weighted by Gasteiger charge is -2.05. The van der Waals surface area contributed by atoms with Crippen LogP contribution in [0.25, 0.3) is 22.4 Å². The smallest absolute Gasteiger partial charge is 0.287 e. The van der Waals surface area contributed by atoms with Crippen molar-refractivity contribution in [1.29, 1.82) is 0 Å². The summed E-state index contributed by atoms with van der Waals surface area (Å²) in [4.78, 5) is 12.0. The van der Waals surface area contributed by atoms with Gasteiger partial charge in [0.05, 0.1) is 18.1 Å². The lowest BCUT2D eigenvalue weighted by Crippen LogP contribution is -2.26. The zero-order valence-corrected chi connectivity index (χ0v) is 18.5. The van der Waals surface area contributed by atoms with Crippen molar-refractivity contribution in [3.63, 3.8) is 0 Å². The first kappa shape index (κ1) is 21.8. The highest BCUT2D eigenvalue weighted by molar-refractivity contribution is 7.98. The van der Waals surface area contributed by atoms with E-state index in [-0.39, 0.29) is 11.7 Å². The number of ether oxygens (including phenoxy) is 1. The van der Waals surface area contributed by atoms with Crippen LogP contribution in [-0.4, -0.2) is 36.4 Å². The molecule has 1 N–H and O–H groups in total. The largest absolute Gasteiger partial charge is 0.455 e. The summed E-state index contributed by atoms with van der Waals surface area (Å²) in [5.41, 5.74) is 4.19. The molecule has 0 aliphatic carbocycles. The normalized spacial score (nSPS) is 10.8. The van der Waals surface area contributed by atoms with Crippen LogP contribution in [0.5, 0.6) is 0 Å². The third-order valence-electron chi connectivity index (χ3n) is 4.77. The van der Waals surface area contributed by atoms with Crippen molar-refractivity contribution in [3.05, 3.63) is 90.4 Å². The fourth-order valence-electron chi connectivity index (χ4n) is 3.09. The summed E-state index contributed by atoms with van der Waals surface area (Å²) in [7, 11) is 1.59. The van der Waals surface area contributed by atoms with Crippen LogP contribution in [0.2, 0.25) is 0 Å². The van der Waals surface area contributed by atoms with Crippen molar-refractivity contribution in [3.8, 4) is 22.4 Å². The van der Waals surface area contributed by atoms with Crippen LogP contribution in [0.4, 0.5) is 0 Å². The van der Waals surface area contributed by atoms with Gasteiger partial charge in [-0.3, -0.25) is 4.79 Å². The second kappa shape index (κ2) is 10.7. The molecule has 0 saturated carbocycles. The number of benzene rings is 2. The van der Waals surface area contributed by atoms with E-state index in [4.69, 9.17) is 9.15 Å². The molecule has 2 aromatic heterocycles. The maximum atomic E-state index is 12.0. The van der Waals surface area contributed by atoms with Gasteiger partial charge in [0.15, 0.2) is 5.76 Å². The SMILES string of the molecule is COCCNC(=O)c1ccc(CSc2ccc(-c3ccc(-c4ccccc4)cc3)nn2)o1. The molecule has 4 rings (SSSR count). The Bertz CT molecular complexity index is 1140. The van der Waals surface area contributed by atoms with Gasteiger partial charge in [-0.05, 0) is 35.4 Å². The third-order valence-corrected chi connectivity index (χ3v) is 5.71. The van der Waals surface area contributed by atoms with Crippen LogP contribution in [-0.2, 0) is 10.5 Å². The summed E-state index contributed by atoms with van der Waals surface area (Å²) in [6, 6.07) is 25.9. The summed E-state index contributed by atoms with van der Waals surface area (Å²) >= 11 is 1.50. The molecule has 2 aromatic carbocycles. The molecule has 0 unspecified atom stereocenters. The first-order valence-corrected chi connectivity index (χ1v) is 11.2. The van der Waals surface area contributed by atoms with Crippen LogP contribution in [0, 0.1) is 0 Å². The molecule has 162 valence electrons. The number of nitrogens with zero attached hydrogens (tertiary/aromatic N) is 2. The Morgan fingerprint density at radius 2 is 1.66 bits per heavy atom. The highest BCUT2D eigenvalue weighted by Crippen LogP contribution is 2.26. The number of rotatable bonds is 9. The van der Waals surface area contributed by atoms with E-state index < -0.39 is 0 Å². The summed E-state index contributed by atoms with van der Waals surface area (Å²) in [6.07, 6.45) is 0. The van der Waals surface area contributed by atoms with Crippen molar-refractivity contribution in [2.24, 2.45) is 0 Å². The number of carbonyl (C=O) groups is 1. The van der Waals surface area contributed by atoms with E-state index in [0.717, 1.165) is 16.3 Å². The van der Waals surface area contributed by atoms with E-state index in [1.165, 1.54) is 22.9 Å². The molecular formula is C25H23N3O3S. The number of amides is 1. The number of hydrogen-bond donors (Lipinski definition) is 1. The zero-order valence-electron chi connectivity index (χ0n) is 17.7. The van der Waals surface area contributed by atoms with Gasteiger partial charge in [0.1, 0.15) is 10.8 Å². The molecule has 0 bridgehead atoms. The van der Waals surface area contributed by atoms with Crippen molar-refractivity contribution in [2.45, 2.75) is 10.8 Å². The number of aromatic nitrogens is 2. The van der Waals surface area contributed by atoms with Gasteiger partial charge >= 0.3 is 0 Å². The van der Waals surface area contributed by atoms with E-state index >= 15 is 0 Å². The molecule has 0 aliphatic rings. The van der Waals surface area contributed by atoms with Gasteiger partial charge in [-0.15, -0.1) is 10.2 Å². The average Bonchev–Trinajstić information content (AvgIpc) is 3.33. The van der Waals surface area contributed by atoms with Gasteiger partial charge in [0, 0.05) is 19.2 Å². The summed E-state index contributed by atoms with van der Waals surface area (Å²) in [5.74, 6) is 1.30. The fraction of sp³-hybridized carbons (Fsp3) is 0.160.